The highest BCUT2D eigenvalue weighted by Crippen LogP contribution is 2.38. The molecule has 0 bridgehead atoms. The Bertz CT molecular complexity index is 1260. The molecule has 0 unspecified atom stereocenters. The summed E-state index contributed by atoms with van der Waals surface area (Å²) < 4.78 is 18.5. The lowest BCUT2D eigenvalue weighted by Crippen LogP contribution is -2.30. The molecule has 0 aliphatic rings. The smallest absolute Gasteiger partial charge is 0.245 e. The molecule has 0 spiro atoms. The maximum atomic E-state index is 12.7. The summed E-state index contributed by atoms with van der Waals surface area (Å²) in [5.41, 5.74) is 1.43. The number of hydrogen-bond donors (Lipinski definition) is 2. The van der Waals surface area contributed by atoms with Crippen LogP contribution in [-0.4, -0.2) is 53.8 Å². The minimum Gasteiger partial charge on any atom is -0.493 e. The highest BCUT2D eigenvalue weighted by Gasteiger charge is 2.17. The summed E-state index contributed by atoms with van der Waals surface area (Å²) in [6.07, 6.45) is 3.53. The van der Waals surface area contributed by atoms with Gasteiger partial charge in [0.1, 0.15) is 17.9 Å². The molecule has 1 heterocycles. The first-order valence-electron chi connectivity index (χ1n) is 11.6. The molecule has 36 heavy (non-hydrogen) atoms. The molecular weight excluding hydrogens is 497 g/mol. The third kappa shape index (κ3) is 7.57. The SMILES string of the molecule is C=CC(=O)N(CC)CCCOc1cccc(Nc2ncc(Cl)c(Nc3ccccc3P(C)(C)=O)n2)c1. The fourth-order valence-corrected chi connectivity index (χ4v) is 4.78. The summed E-state index contributed by atoms with van der Waals surface area (Å²) in [6.45, 7) is 10.6. The molecule has 0 radical (unpaired) electrons. The zero-order chi connectivity index (χ0) is 26.1. The van der Waals surface area contributed by atoms with Crippen molar-refractivity contribution in [3.05, 3.63) is 72.4 Å². The number of benzene rings is 2. The fraction of sp³-hybridized carbons (Fsp3) is 0.269. The number of ether oxygens (including phenoxy) is 1. The number of nitrogens with zero attached hydrogens (tertiary/aromatic N) is 3. The molecule has 2 N–H and O–H groups in total. The summed E-state index contributed by atoms with van der Waals surface area (Å²) in [6, 6.07) is 14.8. The number of rotatable bonds is 12. The standard InChI is InChI=1S/C26H31ClN5O3P/c1-5-24(33)32(6-2)15-10-16-35-20-12-9-11-19(17-20)29-26-28-18-21(27)25(31-26)30-22-13-7-8-14-23(22)36(3,4)34/h5,7-9,11-14,17-18H,1,6,10,15-16H2,2-4H3,(H2,28,29,30,31). The van der Waals surface area contributed by atoms with E-state index < -0.39 is 7.14 Å². The lowest BCUT2D eigenvalue weighted by molar-refractivity contribution is -0.125. The maximum absolute atomic E-state index is 12.7. The molecule has 2 aromatic carbocycles. The van der Waals surface area contributed by atoms with Gasteiger partial charge in [-0.3, -0.25) is 4.79 Å². The van der Waals surface area contributed by atoms with Crippen LogP contribution in [-0.2, 0) is 9.36 Å². The normalized spacial score (nSPS) is 11.0. The van der Waals surface area contributed by atoms with Crippen molar-refractivity contribution in [1.82, 2.24) is 14.9 Å². The van der Waals surface area contributed by atoms with E-state index in [1.54, 1.807) is 18.2 Å². The predicted octanol–water partition coefficient (Wildman–Crippen LogP) is 5.67. The van der Waals surface area contributed by atoms with Gasteiger partial charge >= 0.3 is 0 Å². The van der Waals surface area contributed by atoms with E-state index in [1.165, 1.54) is 12.3 Å². The Morgan fingerprint density at radius 1 is 1.19 bits per heavy atom. The third-order valence-electron chi connectivity index (χ3n) is 5.28. The van der Waals surface area contributed by atoms with E-state index in [4.69, 9.17) is 16.3 Å². The molecule has 3 aromatic rings. The molecule has 0 atom stereocenters. The highest BCUT2D eigenvalue weighted by atomic mass is 35.5. The van der Waals surface area contributed by atoms with E-state index in [9.17, 15) is 9.36 Å². The van der Waals surface area contributed by atoms with Crippen molar-refractivity contribution in [1.29, 1.82) is 0 Å². The quantitative estimate of drug-likeness (QED) is 0.178. The molecule has 8 nitrogen and oxygen atoms in total. The van der Waals surface area contributed by atoms with Gasteiger partial charge in [-0.1, -0.05) is 36.4 Å². The maximum Gasteiger partial charge on any atom is 0.245 e. The molecule has 0 saturated carbocycles. The van der Waals surface area contributed by atoms with Crippen molar-refractivity contribution in [2.75, 3.05) is 43.7 Å². The largest absolute Gasteiger partial charge is 0.493 e. The number of amides is 1. The van der Waals surface area contributed by atoms with Gasteiger partial charge in [0.05, 0.1) is 18.5 Å². The molecule has 10 heteroatoms. The van der Waals surface area contributed by atoms with E-state index in [0.717, 1.165) is 11.0 Å². The molecule has 190 valence electrons. The first-order chi connectivity index (χ1) is 17.2. The second-order valence-electron chi connectivity index (χ2n) is 8.36. The number of hydrogen-bond acceptors (Lipinski definition) is 7. The zero-order valence-corrected chi connectivity index (χ0v) is 22.4. The minimum absolute atomic E-state index is 0.0811. The van der Waals surface area contributed by atoms with Crippen LogP contribution in [0.3, 0.4) is 0 Å². The van der Waals surface area contributed by atoms with E-state index in [0.29, 0.717) is 54.3 Å². The number of carbonyl (C=O) groups excluding carboxylic acids is 1. The topological polar surface area (TPSA) is 96.5 Å². The minimum atomic E-state index is -2.51. The Hall–Kier alpha value is -3.35. The number of anilines is 4. The Labute approximate surface area is 217 Å². The molecule has 1 aromatic heterocycles. The van der Waals surface area contributed by atoms with Crippen LogP contribution in [0.1, 0.15) is 13.3 Å². The Kier molecular flexibility index (Phi) is 9.51. The van der Waals surface area contributed by atoms with Crippen molar-refractivity contribution < 1.29 is 14.1 Å². The lowest BCUT2D eigenvalue weighted by Gasteiger charge is -2.19. The summed E-state index contributed by atoms with van der Waals surface area (Å²) in [7, 11) is -2.51. The number of halogens is 1. The van der Waals surface area contributed by atoms with Crippen LogP contribution < -0.4 is 20.7 Å². The zero-order valence-electron chi connectivity index (χ0n) is 20.7. The van der Waals surface area contributed by atoms with Gasteiger partial charge in [0.15, 0.2) is 5.82 Å². The van der Waals surface area contributed by atoms with Crippen molar-refractivity contribution in [2.24, 2.45) is 0 Å². The number of nitrogens with one attached hydrogen (secondary N) is 2. The number of carbonyl (C=O) groups is 1. The van der Waals surface area contributed by atoms with Crippen LogP contribution in [0.25, 0.3) is 0 Å². The Morgan fingerprint density at radius 2 is 1.97 bits per heavy atom. The average molecular weight is 528 g/mol. The summed E-state index contributed by atoms with van der Waals surface area (Å²) in [5, 5.41) is 7.41. The molecular formula is C26H31ClN5O3P. The molecule has 0 fully saturated rings. The van der Waals surface area contributed by atoms with Crippen LogP contribution in [0, 0.1) is 0 Å². The van der Waals surface area contributed by atoms with Crippen LogP contribution in [0.15, 0.2) is 67.4 Å². The van der Waals surface area contributed by atoms with Gasteiger partial charge in [-0.05, 0) is 57.0 Å². The number of para-hydroxylation sites is 1. The Balaban J connectivity index is 1.66. The second kappa shape index (κ2) is 12.6. The Morgan fingerprint density at radius 3 is 2.69 bits per heavy atom. The lowest BCUT2D eigenvalue weighted by atomic mass is 10.3. The van der Waals surface area contributed by atoms with Crippen molar-refractivity contribution in [2.45, 2.75) is 13.3 Å². The average Bonchev–Trinajstić information content (AvgIpc) is 2.85. The van der Waals surface area contributed by atoms with Gasteiger partial charge in [-0.15, -0.1) is 0 Å². The van der Waals surface area contributed by atoms with E-state index in [-0.39, 0.29) is 5.91 Å². The van der Waals surface area contributed by atoms with Crippen LogP contribution in [0.4, 0.5) is 23.1 Å². The molecule has 0 aliphatic carbocycles. The van der Waals surface area contributed by atoms with Crippen molar-refractivity contribution in [3.8, 4) is 5.75 Å². The number of likely N-dealkylation sites (N-methyl/N-ethyl adjacent to an activating group) is 1. The summed E-state index contributed by atoms with van der Waals surface area (Å²) >= 11 is 6.34. The van der Waals surface area contributed by atoms with Gasteiger partial charge in [-0.25, -0.2) is 4.98 Å². The van der Waals surface area contributed by atoms with E-state index >= 15 is 0 Å². The number of aromatic nitrogens is 2. The van der Waals surface area contributed by atoms with Gasteiger partial charge in [0, 0.05) is 30.1 Å². The van der Waals surface area contributed by atoms with Crippen molar-refractivity contribution in [3.63, 3.8) is 0 Å². The first kappa shape index (κ1) is 27.2. The molecule has 1 amide bonds. The summed E-state index contributed by atoms with van der Waals surface area (Å²) in [4.78, 5) is 22.2. The first-order valence-corrected chi connectivity index (χ1v) is 14.5. The third-order valence-corrected chi connectivity index (χ3v) is 7.11. The second-order valence-corrected chi connectivity index (χ2v) is 12.0. The van der Waals surface area contributed by atoms with Crippen LogP contribution in [0.5, 0.6) is 5.75 Å². The molecule has 3 rings (SSSR count). The van der Waals surface area contributed by atoms with E-state index in [2.05, 4.69) is 27.2 Å². The van der Waals surface area contributed by atoms with Gasteiger partial charge in [-0.2, -0.15) is 4.98 Å². The fourth-order valence-electron chi connectivity index (χ4n) is 3.48. The van der Waals surface area contributed by atoms with Crippen molar-refractivity contribution >= 4 is 53.1 Å². The highest BCUT2D eigenvalue weighted by molar-refractivity contribution is 7.70. The van der Waals surface area contributed by atoms with Gasteiger partial charge in [0.2, 0.25) is 11.9 Å². The summed E-state index contributed by atoms with van der Waals surface area (Å²) in [5.74, 6) is 1.34. The predicted molar refractivity (Wildman–Crippen MR) is 148 cm³/mol. The van der Waals surface area contributed by atoms with Crippen LogP contribution in [0.2, 0.25) is 5.02 Å². The van der Waals surface area contributed by atoms with Gasteiger partial charge in [0.25, 0.3) is 0 Å². The van der Waals surface area contributed by atoms with Gasteiger partial charge < -0.3 is 24.8 Å². The molecule has 0 aliphatic heterocycles. The van der Waals surface area contributed by atoms with E-state index in [1.807, 2.05) is 55.5 Å². The van der Waals surface area contributed by atoms with Crippen LogP contribution >= 0.6 is 18.7 Å². The monoisotopic (exact) mass is 527 g/mol. The molecule has 0 saturated heterocycles.